The van der Waals surface area contributed by atoms with E-state index in [9.17, 15) is 4.39 Å². The summed E-state index contributed by atoms with van der Waals surface area (Å²) in [5, 5.41) is 0. The van der Waals surface area contributed by atoms with E-state index < -0.39 is 0 Å². The Balaban J connectivity index is 2.23. The van der Waals surface area contributed by atoms with Crippen LogP contribution >= 0.6 is 0 Å². The summed E-state index contributed by atoms with van der Waals surface area (Å²) in [4.78, 5) is 0. The summed E-state index contributed by atoms with van der Waals surface area (Å²) in [5.41, 5.74) is 6.72. The Kier molecular flexibility index (Phi) is 3.44. The van der Waals surface area contributed by atoms with E-state index in [2.05, 4.69) is 0 Å². The van der Waals surface area contributed by atoms with Gasteiger partial charge in [-0.05, 0) is 37.0 Å². The summed E-state index contributed by atoms with van der Waals surface area (Å²) in [6.07, 6.45) is 4.64. The Morgan fingerprint density at radius 3 is 2.69 bits per heavy atom. The molecule has 1 atom stereocenters. The second-order valence-electron chi connectivity index (χ2n) is 4.46. The summed E-state index contributed by atoms with van der Waals surface area (Å²) >= 11 is 0. The van der Waals surface area contributed by atoms with Crippen molar-refractivity contribution in [1.82, 2.24) is 0 Å². The van der Waals surface area contributed by atoms with Crippen LogP contribution in [0.3, 0.4) is 0 Å². The normalized spacial score (nSPS) is 18.7. The monoisotopic (exact) mass is 223 g/mol. The van der Waals surface area contributed by atoms with Crippen molar-refractivity contribution in [2.45, 2.75) is 31.7 Å². The molecule has 1 aliphatic carbocycles. The molecule has 0 aliphatic heterocycles. The molecule has 1 aliphatic rings. The third kappa shape index (κ3) is 2.19. The predicted molar refractivity (Wildman–Crippen MR) is 61.8 cm³/mol. The van der Waals surface area contributed by atoms with Crippen LogP contribution in [0.1, 0.15) is 37.3 Å². The minimum atomic E-state index is -0.222. The van der Waals surface area contributed by atoms with Gasteiger partial charge in [0.1, 0.15) is 11.6 Å². The van der Waals surface area contributed by atoms with Gasteiger partial charge in [0.2, 0.25) is 0 Å². The van der Waals surface area contributed by atoms with Gasteiger partial charge in [0.15, 0.2) is 0 Å². The number of ether oxygens (including phenoxy) is 1. The summed E-state index contributed by atoms with van der Waals surface area (Å²) in [6.45, 7) is 0. The van der Waals surface area contributed by atoms with Crippen LogP contribution in [-0.2, 0) is 0 Å². The number of nitrogens with two attached hydrogens (primary N) is 1. The second-order valence-corrected chi connectivity index (χ2v) is 4.46. The smallest absolute Gasteiger partial charge is 0.128 e. The fraction of sp³-hybridized carbons (Fsp3) is 0.538. The lowest BCUT2D eigenvalue weighted by molar-refractivity contribution is 0.402. The van der Waals surface area contributed by atoms with Gasteiger partial charge < -0.3 is 10.5 Å². The second kappa shape index (κ2) is 4.83. The lowest BCUT2D eigenvalue weighted by Crippen LogP contribution is -2.20. The highest BCUT2D eigenvalue weighted by Crippen LogP contribution is 2.35. The van der Waals surface area contributed by atoms with Crippen LogP contribution in [0.4, 0.5) is 4.39 Å². The Morgan fingerprint density at radius 2 is 2.06 bits per heavy atom. The molecule has 2 nitrogen and oxygen atoms in total. The van der Waals surface area contributed by atoms with E-state index in [1.54, 1.807) is 19.2 Å². The lowest BCUT2D eigenvalue weighted by Gasteiger charge is -2.20. The number of benzene rings is 1. The first kappa shape index (κ1) is 11.4. The first-order valence-corrected chi connectivity index (χ1v) is 5.81. The van der Waals surface area contributed by atoms with Crippen molar-refractivity contribution in [2.75, 3.05) is 7.11 Å². The molecule has 0 bridgehead atoms. The van der Waals surface area contributed by atoms with Crippen LogP contribution in [0, 0.1) is 11.7 Å². The van der Waals surface area contributed by atoms with Crippen molar-refractivity contribution in [3.05, 3.63) is 29.6 Å². The summed E-state index contributed by atoms with van der Waals surface area (Å²) in [6, 6.07) is 4.58. The van der Waals surface area contributed by atoms with Crippen LogP contribution in [0.15, 0.2) is 18.2 Å². The first-order chi connectivity index (χ1) is 7.72. The van der Waals surface area contributed by atoms with Gasteiger partial charge in [-0.25, -0.2) is 4.39 Å². The SMILES string of the molecule is COc1ccc(F)c([C@@H](N)C2CCCC2)c1. The maximum absolute atomic E-state index is 13.7. The molecule has 88 valence electrons. The summed E-state index contributed by atoms with van der Waals surface area (Å²) in [5.74, 6) is 0.867. The molecule has 2 rings (SSSR count). The Labute approximate surface area is 95.6 Å². The van der Waals surface area contributed by atoms with E-state index >= 15 is 0 Å². The van der Waals surface area contributed by atoms with Gasteiger partial charge >= 0.3 is 0 Å². The highest BCUT2D eigenvalue weighted by Gasteiger charge is 2.25. The fourth-order valence-electron chi connectivity index (χ4n) is 2.47. The summed E-state index contributed by atoms with van der Waals surface area (Å²) < 4.78 is 18.8. The number of hydrogen-bond donors (Lipinski definition) is 1. The van der Waals surface area contributed by atoms with Crippen LogP contribution in [0.25, 0.3) is 0 Å². The number of halogens is 1. The van der Waals surface area contributed by atoms with E-state index in [1.165, 1.54) is 18.9 Å². The molecular formula is C13H18FNO. The largest absolute Gasteiger partial charge is 0.497 e. The molecule has 0 amide bonds. The van der Waals surface area contributed by atoms with Crippen molar-refractivity contribution in [3.8, 4) is 5.75 Å². The van der Waals surface area contributed by atoms with Crippen LogP contribution in [0.5, 0.6) is 5.75 Å². The van der Waals surface area contributed by atoms with Gasteiger partial charge in [-0.3, -0.25) is 0 Å². The van der Waals surface area contributed by atoms with E-state index in [-0.39, 0.29) is 11.9 Å². The maximum atomic E-state index is 13.7. The zero-order valence-electron chi connectivity index (χ0n) is 9.58. The van der Waals surface area contributed by atoms with Crippen molar-refractivity contribution in [2.24, 2.45) is 11.7 Å². The van der Waals surface area contributed by atoms with Crippen LogP contribution in [0.2, 0.25) is 0 Å². The molecule has 0 aromatic heterocycles. The number of rotatable bonds is 3. The lowest BCUT2D eigenvalue weighted by atomic mass is 9.92. The quantitative estimate of drug-likeness (QED) is 0.854. The maximum Gasteiger partial charge on any atom is 0.128 e. The third-order valence-electron chi connectivity index (χ3n) is 3.47. The highest BCUT2D eigenvalue weighted by molar-refractivity contribution is 5.32. The van der Waals surface area contributed by atoms with Gasteiger partial charge in [0.25, 0.3) is 0 Å². The zero-order valence-corrected chi connectivity index (χ0v) is 9.58. The van der Waals surface area contributed by atoms with Gasteiger partial charge in [-0.15, -0.1) is 0 Å². The van der Waals surface area contributed by atoms with Gasteiger partial charge in [0.05, 0.1) is 7.11 Å². The molecule has 3 heteroatoms. The number of hydrogen-bond acceptors (Lipinski definition) is 2. The van der Waals surface area contributed by atoms with Crippen molar-refractivity contribution in [1.29, 1.82) is 0 Å². The van der Waals surface area contributed by atoms with Crippen LogP contribution in [-0.4, -0.2) is 7.11 Å². The average Bonchev–Trinajstić information content (AvgIpc) is 2.82. The Bertz CT molecular complexity index is 361. The number of methoxy groups -OCH3 is 1. The van der Waals surface area contributed by atoms with E-state index in [1.807, 2.05) is 0 Å². The first-order valence-electron chi connectivity index (χ1n) is 5.81. The molecule has 1 saturated carbocycles. The molecular weight excluding hydrogens is 205 g/mol. The third-order valence-corrected chi connectivity index (χ3v) is 3.47. The molecule has 2 N–H and O–H groups in total. The van der Waals surface area contributed by atoms with Crippen molar-refractivity contribution < 1.29 is 9.13 Å². The molecule has 0 spiro atoms. The topological polar surface area (TPSA) is 35.2 Å². The minimum Gasteiger partial charge on any atom is -0.497 e. The summed E-state index contributed by atoms with van der Waals surface area (Å²) in [7, 11) is 1.58. The molecule has 0 unspecified atom stereocenters. The Hall–Kier alpha value is -1.09. The van der Waals surface area contributed by atoms with Crippen LogP contribution < -0.4 is 10.5 Å². The molecule has 0 radical (unpaired) electrons. The fourth-order valence-corrected chi connectivity index (χ4v) is 2.47. The minimum absolute atomic E-state index is 0.197. The van der Waals surface area contributed by atoms with Gasteiger partial charge in [-0.2, -0.15) is 0 Å². The van der Waals surface area contributed by atoms with E-state index in [4.69, 9.17) is 10.5 Å². The standard InChI is InChI=1S/C13H18FNO/c1-16-10-6-7-12(14)11(8-10)13(15)9-4-2-3-5-9/h6-9,13H,2-5,15H2,1H3/t13-/m0/s1. The molecule has 1 fully saturated rings. The molecule has 0 saturated heterocycles. The van der Waals surface area contributed by atoms with Gasteiger partial charge in [-0.1, -0.05) is 12.8 Å². The molecule has 1 aromatic carbocycles. The van der Waals surface area contributed by atoms with Crippen molar-refractivity contribution >= 4 is 0 Å². The molecule has 0 heterocycles. The van der Waals surface area contributed by atoms with E-state index in [0.717, 1.165) is 12.8 Å². The highest BCUT2D eigenvalue weighted by atomic mass is 19.1. The van der Waals surface area contributed by atoms with Gasteiger partial charge in [0, 0.05) is 11.6 Å². The molecule has 16 heavy (non-hydrogen) atoms. The average molecular weight is 223 g/mol. The Morgan fingerprint density at radius 1 is 1.38 bits per heavy atom. The predicted octanol–water partition coefficient (Wildman–Crippen LogP) is 3.02. The van der Waals surface area contributed by atoms with Crippen molar-refractivity contribution in [3.63, 3.8) is 0 Å². The van der Waals surface area contributed by atoms with E-state index in [0.29, 0.717) is 17.2 Å². The zero-order chi connectivity index (χ0) is 11.5. The molecule has 1 aromatic rings.